The van der Waals surface area contributed by atoms with Gasteiger partial charge in [-0.15, -0.1) is 0 Å². The number of para-hydroxylation sites is 1. The van der Waals surface area contributed by atoms with Gasteiger partial charge < -0.3 is 20.8 Å². The molecule has 0 amide bonds. The van der Waals surface area contributed by atoms with Crippen molar-refractivity contribution < 1.29 is 9.53 Å². The second-order valence-corrected chi connectivity index (χ2v) is 7.45. The average Bonchev–Trinajstić information content (AvgIpc) is 2.81. The Morgan fingerprint density at radius 1 is 0.818 bits per heavy atom. The van der Waals surface area contributed by atoms with E-state index >= 15 is 0 Å². The zero-order valence-electron chi connectivity index (χ0n) is 17.5. The summed E-state index contributed by atoms with van der Waals surface area (Å²) in [5, 5.41) is 15.9. The van der Waals surface area contributed by atoms with E-state index in [4.69, 9.17) is 27.0 Å². The van der Waals surface area contributed by atoms with Crippen molar-refractivity contribution in [3.63, 3.8) is 0 Å². The van der Waals surface area contributed by atoms with Gasteiger partial charge in [0.15, 0.2) is 5.75 Å². The molecule has 0 atom stereocenters. The average molecular weight is 439 g/mol. The van der Waals surface area contributed by atoms with Crippen LogP contribution in [0, 0.1) is 10.8 Å². The van der Waals surface area contributed by atoms with Crippen LogP contribution in [0.1, 0.15) is 27.0 Å². The van der Waals surface area contributed by atoms with Gasteiger partial charge >= 0.3 is 5.97 Å². The molecule has 0 unspecified atom stereocenters. The maximum atomic E-state index is 12.8. The number of fused-ring (bicyclic) bond motifs is 1. The van der Waals surface area contributed by atoms with Gasteiger partial charge in [0.1, 0.15) is 11.7 Å². The number of rotatable bonds is 6. The molecule has 8 heteroatoms. The van der Waals surface area contributed by atoms with Crippen LogP contribution in [-0.2, 0) is 6.54 Å². The third kappa shape index (κ3) is 4.49. The van der Waals surface area contributed by atoms with E-state index in [-0.39, 0.29) is 35.1 Å². The molecule has 0 fully saturated rings. The lowest BCUT2D eigenvalue weighted by molar-refractivity contribution is 0.0736. The molecule has 0 bridgehead atoms. The van der Waals surface area contributed by atoms with Crippen molar-refractivity contribution in [2.24, 2.45) is 11.5 Å². The number of esters is 1. The van der Waals surface area contributed by atoms with Gasteiger partial charge in [-0.05, 0) is 35.9 Å². The monoisotopic (exact) mass is 439 g/mol. The first-order valence-corrected chi connectivity index (χ1v) is 10.1. The predicted molar refractivity (Wildman–Crippen MR) is 127 cm³/mol. The van der Waals surface area contributed by atoms with Crippen LogP contribution in [-0.4, -0.2) is 22.2 Å². The van der Waals surface area contributed by atoms with Crippen LogP contribution in [0.25, 0.3) is 10.9 Å². The number of hydrogen-bond acceptors (Lipinski definition) is 5. The van der Waals surface area contributed by atoms with E-state index in [1.165, 1.54) is 16.7 Å². The quantitative estimate of drug-likeness (QED) is 0.158. The normalized spacial score (nSPS) is 10.7. The highest BCUT2D eigenvalue weighted by atomic mass is 16.5. The topological polar surface area (TPSA) is 148 Å². The second-order valence-electron chi connectivity index (χ2n) is 7.45. The second kappa shape index (κ2) is 8.80. The van der Waals surface area contributed by atoms with Crippen molar-refractivity contribution in [2.75, 3.05) is 0 Å². The summed E-state index contributed by atoms with van der Waals surface area (Å²) in [6.45, 7) is 0.200. The van der Waals surface area contributed by atoms with E-state index < -0.39 is 5.97 Å². The van der Waals surface area contributed by atoms with Gasteiger partial charge in [0, 0.05) is 22.6 Å². The number of carbonyl (C=O) groups is 1. The minimum atomic E-state index is -0.632. The highest BCUT2D eigenvalue weighted by molar-refractivity contribution is 5.99. The van der Waals surface area contributed by atoms with Crippen molar-refractivity contribution in [2.45, 2.75) is 6.54 Å². The number of benzene rings is 3. The summed E-state index contributed by atoms with van der Waals surface area (Å²) in [6.07, 6.45) is 0. The Labute approximate surface area is 189 Å². The molecule has 0 saturated heterocycles. The molecule has 8 nitrogen and oxygen atoms in total. The first kappa shape index (κ1) is 21.5. The summed E-state index contributed by atoms with van der Waals surface area (Å²) < 4.78 is 7.20. The summed E-state index contributed by atoms with van der Waals surface area (Å²) in [5.74, 6) is -0.626. The molecule has 0 aliphatic rings. The molecule has 1 aromatic heterocycles. The Bertz CT molecular complexity index is 1470. The van der Waals surface area contributed by atoms with Crippen LogP contribution in [0.2, 0.25) is 0 Å². The zero-order valence-corrected chi connectivity index (χ0v) is 17.5. The fourth-order valence-electron chi connectivity index (χ4n) is 3.56. The Kier molecular flexibility index (Phi) is 5.73. The van der Waals surface area contributed by atoms with Gasteiger partial charge in [0.2, 0.25) is 0 Å². The predicted octanol–water partition coefficient (Wildman–Crippen LogP) is 2.84. The summed E-state index contributed by atoms with van der Waals surface area (Å²) in [5.41, 5.74) is 13.3. The maximum absolute atomic E-state index is 12.8. The van der Waals surface area contributed by atoms with Crippen LogP contribution in [0.3, 0.4) is 0 Å². The van der Waals surface area contributed by atoms with E-state index in [1.54, 1.807) is 54.6 Å². The lowest BCUT2D eigenvalue weighted by Crippen LogP contribution is -2.21. The lowest BCUT2D eigenvalue weighted by atomic mass is 10.1. The molecular weight excluding hydrogens is 418 g/mol. The van der Waals surface area contributed by atoms with E-state index in [0.29, 0.717) is 16.6 Å². The zero-order chi connectivity index (χ0) is 23.5. The van der Waals surface area contributed by atoms with Crippen LogP contribution >= 0.6 is 0 Å². The highest BCUT2D eigenvalue weighted by Gasteiger charge is 2.15. The number of ether oxygens (including phenoxy) is 1. The number of pyridine rings is 1. The van der Waals surface area contributed by atoms with Crippen LogP contribution < -0.4 is 21.8 Å². The van der Waals surface area contributed by atoms with Gasteiger partial charge in [-0.25, -0.2) is 4.79 Å². The van der Waals surface area contributed by atoms with Crippen molar-refractivity contribution >= 4 is 28.5 Å². The third-order valence-corrected chi connectivity index (χ3v) is 5.16. The molecule has 3 aromatic carbocycles. The van der Waals surface area contributed by atoms with Crippen molar-refractivity contribution in [1.82, 2.24) is 4.57 Å². The first-order chi connectivity index (χ1) is 15.8. The summed E-state index contributed by atoms with van der Waals surface area (Å²) in [4.78, 5) is 25.7. The maximum Gasteiger partial charge on any atom is 0.343 e. The molecule has 0 saturated carbocycles. The van der Waals surface area contributed by atoms with E-state index in [0.717, 1.165) is 10.9 Å². The standard InChI is InChI=1S/C25H21N5O3/c26-23(27)17-6-1-4-15(12-17)14-30-21(31)11-10-16-5-3-9-20(22(16)30)33-25(32)19-8-2-7-18(13-19)24(28)29/h1-13H,14H2,(H3,26,27)(H3,28,29). The number of nitrogens with two attached hydrogens (primary N) is 2. The summed E-state index contributed by atoms with van der Waals surface area (Å²) >= 11 is 0. The molecule has 164 valence electrons. The van der Waals surface area contributed by atoms with Gasteiger partial charge in [-0.1, -0.05) is 42.5 Å². The molecule has 6 N–H and O–H groups in total. The van der Waals surface area contributed by atoms with E-state index in [9.17, 15) is 9.59 Å². The minimum Gasteiger partial charge on any atom is -0.421 e. The molecule has 0 radical (unpaired) electrons. The Hall–Kier alpha value is -4.72. The molecule has 1 heterocycles. The van der Waals surface area contributed by atoms with Gasteiger partial charge in [-0.3, -0.25) is 15.6 Å². The molecule has 0 spiro atoms. The van der Waals surface area contributed by atoms with Gasteiger partial charge in [0.25, 0.3) is 5.56 Å². The molecule has 33 heavy (non-hydrogen) atoms. The fraction of sp³-hybridized carbons (Fsp3) is 0.0400. The molecule has 0 aliphatic carbocycles. The molecule has 4 aromatic rings. The Balaban J connectivity index is 1.77. The number of nitrogens with zero attached hydrogens (tertiary/aromatic N) is 1. The largest absolute Gasteiger partial charge is 0.421 e. The van der Waals surface area contributed by atoms with Crippen molar-refractivity contribution in [3.8, 4) is 5.75 Å². The summed E-state index contributed by atoms with van der Waals surface area (Å²) in [6, 6.07) is 21.7. The van der Waals surface area contributed by atoms with Crippen molar-refractivity contribution in [3.05, 3.63) is 111 Å². The number of nitrogen functional groups attached to an aromatic ring is 2. The SMILES string of the molecule is N=C(N)c1cccc(Cn2c(=O)ccc3cccc(OC(=O)c4cccc(C(=N)N)c4)c32)c1. The lowest BCUT2D eigenvalue weighted by Gasteiger charge is -2.15. The number of carbonyl (C=O) groups excluding carboxylic acids is 1. The minimum absolute atomic E-state index is 0.0653. The van der Waals surface area contributed by atoms with Crippen LogP contribution in [0.4, 0.5) is 0 Å². The van der Waals surface area contributed by atoms with E-state index in [1.807, 2.05) is 12.1 Å². The smallest absolute Gasteiger partial charge is 0.343 e. The van der Waals surface area contributed by atoms with Crippen LogP contribution in [0.15, 0.2) is 83.7 Å². The highest BCUT2D eigenvalue weighted by Crippen LogP contribution is 2.26. The van der Waals surface area contributed by atoms with Gasteiger partial charge in [-0.2, -0.15) is 0 Å². The van der Waals surface area contributed by atoms with Crippen LogP contribution in [0.5, 0.6) is 5.75 Å². The Morgan fingerprint density at radius 2 is 1.45 bits per heavy atom. The number of hydrogen-bond donors (Lipinski definition) is 4. The van der Waals surface area contributed by atoms with Crippen molar-refractivity contribution in [1.29, 1.82) is 10.8 Å². The Morgan fingerprint density at radius 3 is 2.18 bits per heavy atom. The number of amidine groups is 2. The van der Waals surface area contributed by atoms with Gasteiger partial charge in [0.05, 0.1) is 17.6 Å². The summed E-state index contributed by atoms with van der Waals surface area (Å²) in [7, 11) is 0. The molecular formula is C25H21N5O3. The fourth-order valence-corrected chi connectivity index (χ4v) is 3.56. The first-order valence-electron chi connectivity index (χ1n) is 10.1. The third-order valence-electron chi connectivity index (χ3n) is 5.16. The number of aromatic nitrogens is 1. The molecule has 0 aliphatic heterocycles. The number of nitrogens with one attached hydrogen (secondary N) is 2. The van der Waals surface area contributed by atoms with E-state index in [2.05, 4.69) is 0 Å². The molecule has 4 rings (SSSR count).